The zero-order valence-corrected chi connectivity index (χ0v) is 12.3. The van der Waals surface area contributed by atoms with Gasteiger partial charge in [0.15, 0.2) is 5.82 Å². The summed E-state index contributed by atoms with van der Waals surface area (Å²) >= 11 is 0. The van der Waals surface area contributed by atoms with Gasteiger partial charge in [0.2, 0.25) is 5.95 Å². The van der Waals surface area contributed by atoms with Crippen LogP contribution in [-0.2, 0) is 6.54 Å². The number of halogens is 1. The van der Waals surface area contributed by atoms with E-state index in [-0.39, 0.29) is 5.82 Å². The van der Waals surface area contributed by atoms with Crippen molar-refractivity contribution >= 4 is 28.5 Å². The standard InChI is InChI=1S/C13H17FN8/c1-21(2)5-6-22-8-9(7-16-22)17-13-18-11-10(3-4-15-11)12(19-13)20-14/h3-4,7-8H,5-6H2,1-2H3,(H3,15,17,18,19,20). The van der Waals surface area contributed by atoms with Gasteiger partial charge in [0, 0.05) is 18.9 Å². The molecule has 0 spiro atoms. The molecule has 0 aromatic carbocycles. The molecule has 3 rings (SSSR count). The Balaban J connectivity index is 1.78. The number of nitrogens with one attached hydrogen (secondary N) is 3. The van der Waals surface area contributed by atoms with Gasteiger partial charge in [0.25, 0.3) is 0 Å². The summed E-state index contributed by atoms with van der Waals surface area (Å²) in [6.45, 7) is 1.67. The fraction of sp³-hybridized carbons (Fsp3) is 0.308. The molecule has 3 aromatic rings. The summed E-state index contributed by atoms with van der Waals surface area (Å²) in [5, 5.41) is 7.87. The average molecular weight is 304 g/mol. The molecule has 8 nitrogen and oxygen atoms in total. The zero-order chi connectivity index (χ0) is 15.5. The largest absolute Gasteiger partial charge is 0.346 e. The molecule has 0 saturated heterocycles. The molecule has 0 atom stereocenters. The van der Waals surface area contributed by atoms with E-state index in [1.165, 1.54) is 0 Å². The van der Waals surface area contributed by atoms with Gasteiger partial charge in [0.1, 0.15) is 5.65 Å². The van der Waals surface area contributed by atoms with E-state index in [1.807, 2.05) is 25.0 Å². The van der Waals surface area contributed by atoms with E-state index in [2.05, 4.69) is 30.3 Å². The maximum atomic E-state index is 12.8. The van der Waals surface area contributed by atoms with Crippen molar-refractivity contribution in [1.29, 1.82) is 0 Å². The van der Waals surface area contributed by atoms with E-state index >= 15 is 0 Å². The van der Waals surface area contributed by atoms with Crippen molar-refractivity contribution in [3.05, 3.63) is 24.7 Å². The molecule has 9 heteroatoms. The van der Waals surface area contributed by atoms with Crippen LogP contribution in [-0.4, -0.2) is 50.3 Å². The summed E-state index contributed by atoms with van der Waals surface area (Å²) in [5.74, 6) is 0.413. The van der Waals surface area contributed by atoms with Crippen LogP contribution in [0.4, 0.5) is 21.9 Å². The molecule has 0 saturated carbocycles. The second-order valence-corrected chi connectivity index (χ2v) is 5.15. The second kappa shape index (κ2) is 5.98. The molecular formula is C13H17FN8. The van der Waals surface area contributed by atoms with Gasteiger partial charge < -0.3 is 15.2 Å². The van der Waals surface area contributed by atoms with E-state index in [9.17, 15) is 4.48 Å². The van der Waals surface area contributed by atoms with Crippen LogP contribution in [0, 0.1) is 0 Å². The predicted octanol–water partition coefficient (Wildman–Crippen LogP) is 1.76. The fourth-order valence-corrected chi connectivity index (χ4v) is 2.05. The first-order chi connectivity index (χ1) is 10.7. The lowest BCUT2D eigenvalue weighted by atomic mass is 10.4. The van der Waals surface area contributed by atoms with Crippen LogP contribution in [0.15, 0.2) is 24.7 Å². The van der Waals surface area contributed by atoms with E-state index < -0.39 is 0 Å². The SMILES string of the molecule is CN(C)CCn1cc(Nc2nc(NF)c3cc[nH]c3n2)cn1. The van der Waals surface area contributed by atoms with Gasteiger partial charge in [0.05, 0.1) is 23.8 Å². The third kappa shape index (κ3) is 2.98. The number of hydrogen-bond donors (Lipinski definition) is 3. The molecule has 0 radical (unpaired) electrons. The molecule has 0 bridgehead atoms. The lowest BCUT2D eigenvalue weighted by Crippen LogP contribution is -2.18. The Morgan fingerprint density at radius 3 is 3.00 bits per heavy atom. The molecule has 3 aromatic heterocycles. The summed E-state index contributed by atoms with van der Waals surface area (Å²) in [6, 6.07) is 1.71. The zero-order valence-electron chi connectivity index (χ0n) is 12.3. The first-order valence-electron chi connectivity index (χ1n) is 6.81. The van der Waals surface area contributed by atoms with E-state index in [4.69, 9.17) is 0 Å². The van der Waals surface area contributed by atoms with Crippen LogP contribution < -0.4 is 10.9 Å². The molecule has 0 fully saturated rings. The minimum Gasteiger partial charge on any atom is -0.346 e. The highest BCUT2D eigenvalue weighted by molar-refractivity contribution is 5.87. The van der Waals surface area contributed by atoms with Gasteiger partial charge in [-0.05, 0) is 20.2 Å². The quantitative estimate of drug-likeness (QED) is 0.602. The van der Waals surface area contributed by atoms with Crippen molar-refractivity contribution in [1.82, 2.24) is 29.6 Å². The first kappa shape index (κ1) is 14.3. The summed E-state index contributed by atoms with van der Waals surface area (Å²) in [7, 11) is 4.02. The van der Waals surface area contributed by atoms with Gasteiger partial charge in [-0.15, -0.1) is 4.48 Å². The number of rotatable bonds is 6. The van der Waals surface area contributed by atoms with Crippen LogP contribution in [0.3, 0.4) is 0 Å². The molecule has 116 valence electrons. The summed E-state index contributed by atoms with van der Waals surface area (Å²) in [5.41, 5.74) is 2.88. The molecule has 0 aliphatic carbocycles. The maximum absolute atomic E-state index is 12.8. The van der Waals surface area contributed by atoms with Gasteiger partial charge >= 0.3 is 0 Å². The smallest absolute Gasteiger partial charge is 0.231 e. The Morgan fingerprint density at radius 1 is 1.36 bits per heavy atom. The third-order valence-electron chi connectivity index (χ3n) is 3.17. The average Bonchev–Trinajstić information content (AvgIpc) is 3.13. The molecule has 0 aliphatic rings. The van der Waals surface area contributed by atoms with Gasteiger partial charge in [-0.1, -0.05) is 0 Å². The number of H-pyrrole nitrogens is 1. The number of hydrogen-bond acceptors (Lipinski definition) is 6. The summed E-state index contributed by atoms with van der Waals surface area (Å²) in [4.78, 5) is 13.4. The van der Waals surface area contributed by atoms with Crippen molar-refractivity contribution in [3.8, 4) is 0 Å². The normalized spacial score (nSPS) is 11.3. The number of anilines is 3. The van der Waals surface area contributed by atoms with E-state index in [0.717, 1.165) is 18.8 Å². The fourth-order valence-electron chi connectivity index (χ4n) is 2.05. The van der Waals surface area contributed by atoms with Crippen LogP contribution in [0.25, 0.3) is 11.0 Å². The monoisotopic (exact) mass is 304 g/mol. The Kier molecular flexibility index (Phi) is 3.88. The van der Waals surface area contributed by atoms with Crippen molar-refractivity contribution in [2.75, 3.05) is 31.5 Å². The summed E-state index contributed by atoms with van der Waals surface area (Å²) < 4.78 is 14.7. The molecular weight excluding hydrogens is 287 g/mol. The van der Waals surface area contributed by atoms with E-state index in [1.54, 1.807) is 24.0 Å². The third-order valence-corrected chi connectivity index (χ3v) is 3.17. The van der Waals surface area contributed by atoms with Crippen LogP contribution in [0.5, 0.6) is 0 Å². The number of likely N-dealkylation sites (N-methyl/N-ethyl adjacent to an activating group) is 1. The molecule has 0 amide bonds. The topological polar surface area (TPSA) is 86.7 Å². The molecule has 3 N–H and O–H groups in total. The Hall–Kier alpha value is -2.68. The number of aromatic nitrogens is 5. The maximum Gasteiger partial charge on any atom is 0.231 e. The Morgan fingerprint density at radius 2 is 2.23 bits per heavy atom. The molecule has 3 heterocycles. The first-order valence-corrected chi connectivity index (χ1v) is 6.81. The van der Waals surface area contributed by atoms with Crippen LogP contribution >= 0.6 is 0 Å². The van der Waals surface area contributed by atoms with Crippen molar-refractivity contribution in [3.63, 3.8) is 0 Å². The number of fused-ring (bicyclic) bond motifs is 1. The minimum atomic E-state index is 0.119. The lowest BCUT2D eigenvalue weighted by molar-refractivity contribution is 0.373. The lowest BCUT2D eigenvalue weighted by Gasteiger charge is -2.08. The second-order valence-electron chi connectivity index (χ2n) is 5.15. The number of nitrogens with zero attached hydrogens (tertiary/aromatic N) is 5. The summed E-state index contributed by atoms with van der Waals surface area (Å²) in [6.07, 6.45) is 5.22. The van der Waals surface area contributed by atoms with Crippen molar-refractivity contribution in [2.24, 2.45) is 0 Å². The van der Waals surface area contributed by atoms with Gasteiger partial charge in [-0.3, -0.25) is 4.68 Å². The Bertz CT molecular complexity index is 762. The van der Waals surface area contributed by atoms with Crippen molar-refractivity contribution in [2.45, 2.75) is 6.54 Å². The highest BCUT2D eigenvalue weighted by Gasteiger charge is 2.09. The predicted molar refractivity (Wildman–Crippen MR) is 82.7 cm³/mol. The number of aromatic amines is 1. The highest BCUT2D eigenvalue weighted by Crippen LogP contribution is 2.22. The van der Waals surface area contributed by atoms with E-state index in [0.29, 0.717) is 17.0 Å². The highest BCUT2D eigenvalue weighted by atomic mass is 19.2. The van der Waals surface area contributed by atoms with Crippen LogP contribution in [0.1, 0.15) is 0 Å². The molecule has 22 heavy (non-hydrogen) atoms. The molecule has 0 unspecified atom stereocenters. The molecule has 0 aliphatic heterocycles. The van der Waals surface area contributed by atoms with Crippen molar-refractivity contribution < 1.29 is 4.48 Å². The van der Waals surface area contributed by atoms with Crippen LogP contribution in [0.2, 0.25) is 0 Å². The van der Waals surface area contributed by atoms with Gasteiger partial charge in [-0.2, -0.15) is 15.1 Å². The minimum absolute atomic E-state index is 0.119. The van der Waals surface area contributed by atoms with Gasteiger partial charge in [-0.25, -0.2) is 5.54 Å². The Labute approximate surface area is 126 Å².